The molecular weight excluding hydrogens is 345 g/mol. The van der Waals surface area contributed by atoms with Crippen molar-refractivity contribution in [2.45, 2.75) is 38.0 Å². The number of carbonyl (C=O) groups is 1. The molecule has 1 aliphatic heterocycles. The Labute approximate surface area is 157 Å². The molecular formula is C21H22FN3O2. The summed E-state index contributed by atoms with van der Waals surface area (Å²) < 4.78 is 20.9. The van der Waals surface area contributed by atoms with Gasteiger partial charge in [0.2, 0.25) is 5.91 Å². The van der Waals surface area contributed by atoms with Crippen LogP contribution in [0.1, 0.15) is 30.9 Å². The minimum atomic E-state index is -0.295. The van der Waals surface area contributed by atoms with Crippen molar-refractivity contribution in [1.82, 2.24) is 14.9 Å². The first-order chi connectivity index (χ1) is 13.2. The Morgan fingerprint density at radius 3 is 2.85 bits per heavy atom. The van der Waals surface area contributed by atoms with Gasteiger partial charge in [-0.2, -0.15) is 0 Å². The van der Waals surface area contributed by atoms with Crippen molar-refractivity contribution in [3.63, 3.8) is 0 Å². The summed E-state index contributed by atoms with van der Waals surface area (Å²) in [5.41, 5.74) is 2.76. The minimum Gasteiger partial charge on any atom is -0.378 e. The number of amides is 1. The molecule has 0 aliphatic carbocycles. The number of benzene rings is 2. The van der Waals surface area contributed by atoms with E-state index >= 15 is 0 Å². The molecule has 1 fully saturated rings. The summed E-state index contributed by atoms with van der Waals surface area (Å²) in [6.45, 7) is 1.24. The summed E-state index contributed by atoms with van der Waals surface area (Å²) >= 11 is 0. The SMILES string of the molecule is O=C(C[C@@H]1CCCO1)N[C@@H](Cn1cnc2ccccc21)c1ccc(F)cc1. The highest BCUT2D eigenvalue weighted by Gasteiger charge is 2.22. The van der Waals surface area contributed by atoms with Gasteiger partial charge in [0.05, 0.1) is 35.9 Å². The maximum atomic E-state index is 13.3. The average Bonchev–Trinajstić information content (AvgIpc) is 3.32. The van der Waals surface area contributed by atoms with E-state index < -0.39 is 0 Å². The second-order valence-corrected chi connectivity index (χ2v) is 6.90. The van der Waals surface area contributed by atoms with Crippen LogP contribution >= 0.6 is 0 Å². The average molecular weight is 367 g/mol. The highest BCUT2D eigenvalue weighted by molar-refractivity contribution is 5.77. The van der Waals surface area contributed by atoms with Gasteiger partial charge in [-0.1, -0.05) is 24.3 Å². The second-order valence-electron chi connectivity index (χ2n) is 6.90. The number of aromatic nitrogens is 2. The molecule has 1 N–H and O–H groups in total. The van der Waals surface area contributed by atoms with Crippen molar-refractivity contribution in [3.05, 3.63) is 66.2 Å². The van der Waals surface area contributed by atoms with Gasteiger partial charge in [0.15, 0.2) is 0 Å². The lowest BCUT2D eigenvalue weighted by molar-refractivity contribution is -0.124. The largest absolute Gasteiger partial charge is 0.378 e. The summed E-state index contributed by atoms with van der Waals surface area (Å²) in [4.78, 5) is 17.0. The van der Waals surface area contributed by atoms with Crippen LogP contribution in [-0.4, -0.2) is 28.2 Å². The number of fused-ring (bicyclic) bond motifs is 1. The van der Waals surface area contributed by atoms with E-state index in [-0.39, 0.29) is 23.9 Å². The number of nitrogens with zero attached hydrogens (tertiary/aromatic N) is 2. The first-order valence-corrected chi connectivity index (χ1v) is 9.25. The van der Waals surface area contributed by atoms with Gasteiger partial charge in [0, 0.05) is 13.2 Å². The number of carbonyl (C=O) groups excluding carboxylic acids is 1. The predicted molar refractivity (Wildman–Crippen MR) is 101 cm³/mol. The molecule has 2 heterocycles. The highest BCUT2D eigenvalue weighted by atomic mass is 19.1. The number of rotatable bonds is 6. The number of imidazole rings is 1. The molecule has 5 nitrogen and oxygen atoms in total. The number of nitrogens with one attached hydrogen (secondary N) is 1. The van der Waals surface area contributed by atoms with Crippen molar-refractivity contribution in [2.75, 3.05) is 6.61 Å². The van der Waals surface area contributed by atoms with Gasteiger partial charge in [-0.05, 0) is 42.7 Å². The highest BCUT2D eigenvalue weighted by Crippen LogP contribution is 2.21. The molecule has 6 heteroatoms. The van der Waals surface area contributed by atoms with Crippen LogP contribution in [0.4, 0.5) is 4.39 Å². The number of ether oxygens (including phenoxy) is 1. The van der Waals surface area contributed by atoms with Gasteiger partial charge in [-0.25, -0.2) is 9.37 Å². The third-order valence-corrected chi connectivity index (χ3v) is 4.95. The van der Waals surface area contributed by atoms with Crippen LogP contribution < -0.4 is 5.32 Å². The molecule has 0 radical (unpaired) electrons. The Bertz CT molecular complexity index is 917. The van der Waals surface area contributed by atoms with Crippen LogP contribution in [0.5, 0.6) is 0 Å². The number of halogens is 1. The van der Waals surface area contributed by atoms with Crippen LogP contribution in [0.2, 0.25) is 0 Å². The van der Waals surface area contributed by atoms with Crippen molar-refractivity contribution < 1.29 is 13.9 Å². The molecule has 1 amide bonds. The van der Waals surface area contributed by atoms with E-state index in [4.69, 9.17) is 4.74 Å². The molecule has 27 heavy (non-hydrogen) atoms. The van der Waals surface area contributed by atoms with E-state index in [0.717, 1.165) is 36.0 Å². The van der Waals surface area contributed by atoms with Gasteiger partial charge >= 0.3 is 0 Å². The Balaban J connectivity index is 1.55. The maximum Gasteiger partial charge on any atom is 0.223 e. The lowest BCUT2D eigenvalue weighted by Gasteiger charge is -2.21. The maximum absolute atomic E-state index is 13.3. The monoisotopic (exact) mass is 367 g/mol. The van der Waals surface area contributed by atoms with Gasteiger partial charge in [-0.15, -0.1) is 0 Å². The molecule has 4 rings (SSSR count). The molecule has 1 aliphatic rings. The zero-order chi connectivity index (χ0) is 18.6. The summed E-state index contributed by atoms with van der Waals surface area (Å²) in [5, 5.41) is 3.09. The van der Waals surface area contributed by atoms with Crippen molar-refractivity contribution in [2.24, 2.45) is 0 Å². The van der Waals surface area contributed by atoms with Gasteiger partial charge in [-0.3, -0.25) is 4.79 Å². The smallest absolute Gasteiger partial charge is 0.223 e. The zero-order valence-corrected chi connectivity index (χ0v) is 15.0. The molecule has 1 saturated heterocycles. The molecule has 140 valence electrons. The third kappa shape index (κ3) is 4.17. The number of hydrogen-bond acceptors (Lipinski definition) is 3. The first-order valence-electron chi connectivity index (χ1n) is 9.25. The Morgan fingerprint density at radius 2 is 2.07 bits per heavy atom. The number of hydrogen-bond donors (Lipinski definition) is 1. The van der Waals surface area contributed by atoms with Crippen LogP contribution in [0.25, 0.3) is 11.0 Å². The summed E-state index contributed by atoms with van der Waals surface area (Å²) in [5.74, 6) is -0.350. The van der Waals surface area contributed by atoms with Crippen LogP contribution in [0.3, 0.4) is 0 Å². The molecule has 1 aromatic heterocycles. The summed E-state index contributed by atoms with van der Waals surface area (Å²) in [7, 11) is 0. The Morgan fingerprint density at radius 1 is 1.26 bits per heavy atom. The van der Waals surface area contributed by atoms with E-state index in [1.807, 2.05) is 28.8 Å². The Hall–Kier alpha value is -2.73. The molecule has 2 aromatic carbocycles. The fourth-order valence-electron chi connectivity index (χ4n) is 3.55. The fraction of sp³-hybridized carbons (Fsp3) is 0.333. The van der Waals surface area contributed by atoms with Crippen LogP contribution in [0.15, 0.2) is 54.9 Å². The van der Waals surface area contributed by atoms with Crippen molar-refractivity contribution >= 4 is 16.9 Å². The third-order valence-electron chi connectivity index (χ3n) is 4.95. The molecule has 3 aromatic rings. The fourth-order valence-corrected chi connectivity index (χ4v) is 3.55. The summed E-state index contributed by atoms with van der Waals surface area (Å²) in [6, 6.07) is 13.8. The normalized spacial score (nSPS) is 17.9. The zero-order valence-electron chi connectivity index (χ0n) is 15.0. The molecule has 0 bridgehead atoms. The minimum absolute atomic E-state index is 0.00653. The van der Waals surface area contributed by atoms with Gasteiger partial charge in [0.25, 0.3) is 0 Å². The summed E-state index contributed by atoms with van der Waals surface area (Å²) in [6.07, 6.45) is 4.03. The topological polar surface area (TPSA) is 56.1 Å². The van der Waals surface area contributed by atoms with Gasteiger partial charge < -0.3 is 14.6 Å². The Kier molecular flexibility index (Phi) is 5.16. The molecule has 2 atom stereocenters. The first kappa shape index (κ1) is 17.7. The quantitative estimate of drug-likeness (QED) is 0.724. The predicted octanol–water partition coefficient (Wildman–Crippen LogP) is 3.60. The number of para-hydroxylation sites is 2. The lowest BCUT2D eigenvalue weighted by atomic mass is 10.1. The van der Waals surface area contributed by atoms with Crippen molar-refractivity contribution in [3.8, 4) is 0 Å². The van der Waals surface area contributed by atoms with Crippen LogP contribution in [-0.2, 0) is 16.1 Å². The van der Waals surface area contributed by atoms with E-state index in [0.29, 0.717) is 13.0 Å². The van der Waals surface area contributed by atoms with Crippen molar-refractivity contribution in [1.29, 1.82) is 0 Å². The van der Waals surface area contributed by atoms with Gasteiger partial charge in [0.1, 0.15) is 5.82 Å². The second kappa shape index (κ2) is 7.88. The molecule has 0 unspecified atom stereocenters. The molecule has 0 saturated carbocycles. The van der Waals surface area contributed by atoms with E-state index in [1.165, 1.54) is 12.1 Å². The van der Waals surface area contributed by atoms with E-state index in [2.05, 4.69) is 10.3 Å². The molecule has 0 spiro atoms. The van der Waals surface area contributed by atoms with E-state index in [9.17, 15) is 9.18 Å². The standard InChI is InChI=1S/C21H22FN3O2/c22-16-9-7-15(8-10-16)19(24-21(26)12-17-4-3-11-27-17)13-25-14-23-18-5-1-2-6-20(18)25/h1-2,5-10,14,17,19H,3-4,11-13H2,(H,24,26)/t17-,19-/m0/s1. The lowest BCUT2D eigenvalue weighted by Crippen LogP contribution is -2.33. The van der Waals surface area contributed by atoms with E-state index in [1.54, 1.807) is 18.5 Å². The van der Waals surface area contributed by atoms with Crippen LogP contribution in [0, 0.1) is 5.82 Å².